The van der Waals surface area contributed by atoms with Crippen molar-refractivity contribution in [3.8, 4) is 0 Å². The minimum atomic E-state index is -0.660. The van der Waals surface area contributed by atoms with Crippen LogP contribution < -0.4 is 10.6 Å². The molecular weight excluding hydrogens is 423 g/mol. The smallest absolute Gasteiger partial charge is 0.251 e. The number of likely N-dealkylation sites (tertiary alicyclic amines) is 1. The quantitative estimate of drug-likeness (QED) is 0.539. The highest BCUT2D eigenvalue weighted by atomic mass is 19.1. The fourth-order valence-corrected chi connectivity index (χ4v) is 4.30. The van der Waals surface area contributed by atoms with E-state index < -0.39 is 6.04 Å². The van der Waals surface area contributed by atoms with Gasteiger partial charge in [0.15, 0.2) is 0 Å². The van der Waals surface area contributed by atoms with Crippen LogP contribution >= 0.6 is 0 Å². The third kappa shape index (κ3) is 5.39. The summed E-state index contributed by atoms with van der Waals surface area (Å²) in [5, 5.41) is 6.79. The Morgan fingerprint density at radius 1 is 1.09 bits per heavy atom. The first kappa shape index (κ1) is 22.5. The van der Waals surface area contributed by atoms with E-state index in [0.29, 0.717) is 37.9 Å². The molecule has 3 aromatic rings. The normalized spacial score (nSPS) is 15.3. The second-order valence-corrected chi connectivity index (χ2v) is 8.40. The van der Waals surface area contributed by atoms with Crippen LogP contribution in [0, 0.1) is 5.82 Å². The molecule has 3 amide bonds. The van der Waals surface area contributed by atoms with Gasteiger partial charge in [0.2, 0.25) is 11.8 Å². The first-order valence-corrected chi connectivity index (χ1v) is 11.1. The highest BCUT2D eigenvalue weighted by molar-refractivity contribution is 5.94. The summed E-state index contributed by atoms with van der Waals surface area (Å²) in [7, 11) is 0. The summed E-state index contributed by atoms with van der Waals surface area (Å²) in [4.78, 5) is 42.4. The summed E-state index contributed by atoms with van der Waals surface area (Å²) in [6.07, 6.45) is 3.49. The molecule has 0 unspecified atom stereocenters. The molecule has 8 heteroatoms. The van der Waals surface area contributed by atoms with Gasteiger partial charge in [0, 0.05) is 55.1 Å². The van der Waals surface area contributed by atoms with E-state index in [4.69, 9.17) is 0 Å². The van der Waals surface area contributed by atoms with Gasteiger partial charge in [-0.05, 0) is 48.7 Å². The molecule has 33 heavy (non-hydrogen) atoms. The van der Waals surface area contributed by atoms with Crippen molar-refractivity contribution in [3.05, 3.63) is 71.7 Å². The standard InChI is InChI=1S/C25H27FN4O3/c1-16(31)28-23(14-18-15-27-22-5-3-2-4-21(18)22)25(33)30-12-10-20(11-13-30)29-24(32)17-6-8-19(26)9-7-17/h2-9,15,20,23,27H,10-14H2,1H3,(H,28,31)(H,29,32)/t23-/m0/s1. The molecule has 1 saturated heterocycles. The number of hydrogen-bond donors (Lipinski definition) is 3. The van der Waals surface area contributed by atoms with Crippen LogP contribution in [0.25, 0.3) is 10.9 Å². The third-order valence-electron chi connectivity index (χ3n) is 6.02. The lowest BCUT2D eigenvalue weighted by Gasteiger charge is -2.34. The summed E-state index contributed by atoms with van der Waals surface area (Å²) in [5.41, 5.74) is 2.36. The lowest BCUT2D eigenvalue weighted by atomic mass is 10.0. The molecule has 0 bridgehead atoms. The average Bonchev–Trinajstić information content (AvgIpc) is 3.21. The number of para-hydroxylation sites is 1. The zero-order chi connectivity index (χ0) is 23.4. The van der Waals surface area contributed by atoms with E-state index in [-0.39, 0.29) is 29.6 Å². The van der Waals surface area contributed by atoms with Crippen LogP contribution in [-0.4, -0.2) is 52.8 Å². The Balaban J connectivity index is 1.37. The average molecular weight is 451 g/mol. The predicted octanol–water partition coefficient (Wildman–Crippen LogP) is 2.78. The molecule has 1 aliphatic rings. The van der Waals surface area contributed by atoms with E-state index in [0.717, 1.165) is 16.5 Å². The van der Waals surface area contributed by atoms with Crippen molar-refractivity contribution in [2.45, 2.75) is 38.3 Å². The number of halogens is 1. The maximum atomic E-state index is 13.3. The Bertz CT molecular complexity index is 1150. The SMILES string of the molecule is CC(=O)N[C@@H](Cc1c[nH]c2ccccc12)C(=O)N1CCC(NC(=O)c2ccc(F)cc2)CC1. The van der Waals surface area contributed by atoms with E-state index >= 15 is 0 Å². The number of H-pyrrole nitrogens is 1. The summed E-state index contributed by atoms with van der Waals surface area (Å²) in [6, 6.07) is 12.5. The second-order valence-electron chi connectivity index (χ2n) is 8.40. The van der Waals surface area contributed by atoms with Gasteiger partial charge in [0.1, 0.15) is 11.9 Å². The highest BCUT2D eigenvalue weighted by Crippen LogP contribution is 2.20. The van der Waals surface area contributed by atoms with Gasteiger partial charge in [-0.25, -0.2) is 4.39 Å². The Labute approximate surface area is 191 Å². The first-order chi connectivity index (χ1) is 15.9. The molecule has 7 nitrogen and oxygen atoms in total. The monoisotopic (exact) mass is 450 g/mol. The van der Waals surface area contributed by atoms with Gasteiger partial charge < -0.3 is 20.5 Å². The summed E-state index contributed by atoms with van der Waals surface area (Å²) in [6.45, 7) is 2.38. The Hall–Kier alpha value is -3.68. The van der Waals surface area contributed by atoms with Crippen molar-refractivity contribution in [3.63, 3.8) is 0 Å². The fraction of sp³-hybridized carbons (Fsp3) is 0.320. The largest absolute Gasteiger partial charge is 0.361 e. The fourth-order valence-electron chi connectivity index (χ4n) is 4.30. The number of carbonyl (C=O) groups excluding carboxylic acids is 3. The van der Waals surface area contributed by atoms with Gasteiger partial charge >= 0.3 is 0 Å². The van der Waals surface area contributed by atoms with Crippen LogP contribution in [0.3, 0.4) is 0 Å². The number of amides is 3. The van der Waals surface area contributed by atoms with Crippen LogP contribution in [-0.2, 0) is 16.0 Å². The van der Waals surface area contributed by atoms with E-state index in [2.05, 4.69) is 15.6 Å². The lowest BCUT2D eigenvalue weighted by molar-refractivity contribution is -0.137. The molecule has 3 N–H and O–H groups in total. The molecule has 1 atom stereocenters. The number of rotatable bonds is 6. The zero-order valence-corrected chi connectivity index (χ0v) is 18.4. The minimum absolute atomic E-state index is 0.0700. The van der Waals surface area contributed by atoms with Crippen molar-refractivity contribution in [2.75, 3.05) is 13.1 Å². The van der Waals surface area contributed by atoms with Gasteiger partial charge in [-0.15, -0.1) is 0 Å². The van der Waals surface area contributed by atoms with Crippen molar-refractivity contribution in [1.29, 1.82) is 0 Å². The number of benzene rings is 2. The van der Waals surface area contributed by atoms with E-state index in [1.165, 1.54) is 31.2 Å². The predicted molar refractivity (Wildman–Crippen MR) is 123 cm³/mol. The molecule has 1 aliphatic heterocycles. The van der Waals surface area contributed by atoms with Crippen molar-refractivity contribution >= 4 is 28.6 Å². The number of piperidine rings is 1. The molecule has 0 aliphatic carbocycles. The van der Waals surface area contributed by atoms with Gasteiger partial charge in [0.25, 0.3) is 5.91 Å². The van der Waals surface area contributed by atoms with Crippen LogP contribution in [0.4, 0.5) is 4.39 Å². The number of aromatic nitrogens is 1. The minimum Gasteiger partial charge on any atom is -0.361 e. The summed E-state index contributed by atoms with van der Waals surface area (Å²) in [5.74, 6) is -1.02. The van der Waals surface area contributed by atoms with Crippen molar-refractivity contribution in [1.82, 2.24) is 20.5 Å². The lowest BCUT2D eigenvalue weighted by Crippen LogP contribution is -2.53. The van der Waals surface area contributed by atoms with Crippen LogP contribution in [0.15, 0.2) is 54.7 Å². The van der Waals surface area contributed by atoms with Gasteiger partial charge in [-0.3, -0.25) is 14.4 Å². The van der Waals surface area contributed by atoms with E-state index in [1.54, 1.807) is 4.90 Å². The van der Waals surface area contributed by atoms with Gasteiger partial charge in [0.05, 0.1) is 0 Å². The molecular formula is C25H27FN4O3. The number of aromatic amines is 1. The number of fused-ring (bicyclic) bond motifs is 1. The molecule has 4 rings (SSSR count). The van der Waals surface area contributed by atoms with E-state index in [1.807, 2.05) is 30.5 Å². The van der Waals surface area contributed by atoms with E-state index in [9.17, 15) is 18.8 Å². The first-order valence-electron chi connectivity index (χ1n) is 11.1. The number of carbonyl (C=O) groups is 3. The molecule has 2 aromatic carbocycles. The second kappa shape index (κ2) is 9.85. The number of nitrogens with one attached hydrogen (secondary N) is 3. The third-order valence-corrected chi connectivity index (χ3v) is 6.02. The number of nitrogens with zero attached hydrogens (tertiary/aromatic N) is 1. The maximum absolute atomic E-state index is 13.3. The molecule has 0 spiro atoms. The zero-order valence-electron chi connectivity index (χ0n) is 18.4. The van der Waals surface area contributed by atoms with Crippen molar-refractivity contribution < 1.29 is 18.8 Å². The Morgan fingerprint density at radius 2 is 1.79 bits per heavy atom. The van der Waals surface area contributed by atoms with Gasteiger partial charge in [-0.2, -0.15) is 0 Å². The number of hydrogen-bond acceptors (Lipinski definition) is 3. The molecule has 1 fully saturated rings. The maximum Gasteiger partial charge on any atom is 0.251 e. The molecule has 172 valence electrons. The molecule has 0 saturated carbocycles. The van der Waals surface area contributed by atoms with Crippen LogP contribution in [0.1, 0.15) is 35.7 Å². The van der Waals surface area contributed by atoms with Crippen molar-refractivity contribution in [2.24, 2.45) is 0 Å². The van der Waals surface area contributed by atoms with Crippen LogP contribution in [0.5, 0.6) is 0 Å². The van der Waals surface area contributed by atoms with Crippen LogP contribution in [0.2, 0.25) is 0 Å². The molecule has 2 heterocycles. The molecule has 1 aromatic heterocycles. The highest BCUT2D eigenvalue weighted by Gasteiger charge is 2.30. The Morgan fingerprint density at radius 3 is 2.48 bits per heavy atom. The van der Waals surface area contributed by atoms with Gasteiger partial charge in [-0.1, -0.05) is 18.2 Å². The Kier molecular flexibility index (Phi) is 6.72. The topological polar surface area (TPSA) is 94.3 Å². The summed E-state index contributed by atoms with van der Waals surface area (Å²) >= 11 is 0. The summed E-state index contributed by atoms with van der Waals surface area (Å²) < 4.78 is 13.1. The molecule has 0 radical (unpaired) electrons.